The van der Waals surface area contributed by atoms with Crippen LogP contribution in [0.4, 0.5) is 0 Å². The molecule has 1 aliphatic heterocycles. The van der Waals surface area contributed by atoms with E-state index in [1.54, 1.807) is 4.90 Å². The van der Waals surface area contributed by atoms with Gasteiger partial charge >= 0.3 is 0 Å². The second kappa shape index (κ2) is 5.30. The van der Waals surface area contributed by atoms with E-state index < -0.39 is 6.04 Å². The van der Waals surface area contributed by atoms with Crippen LogP contribution < -0.4 is 11.5 Å². The van der Waals surface area contributed by atoms with Crippen LogP contribution in [0.15, 0.2) is 0 Å². The minimum absolute atomic E-state index is 0.0686. The summed E-state index contributed by atoms with van der Waals surface area (Å²) in [5.41, 5.74) is 11.0. The lowest BCUT2D eigenvalue weighted by atomic mass is 9.92. The topological polar surface area (TPSA) is 89.4 Å². The van der Waals surface area contributed by atoms with E-state index in [9.17, 15) is 9.59 Å². The molecule has 16 heavy (non-hydrogen) atoms. The van der Waals surface area contributed by atoms with E-state index in [0.717, 1.165) is 12.8 Å². The second-order valence-corrected chi connectivity index (χ2v) is 4.53. The van der Waals surface area contributed by atoms with Crippen LogP contribution in [0, 0.1) is 5.92 Å². The summed E-state index contributed by atoms with van der Waals surface area (Å²) in [5, 5.41) is 0. The van der Waals surface area contributed by atoms with Crippen molar-refractivity contribution in [3.63, 3.8) is 0 Å². The summed E-state index contributed by atoms with van der Waals surface area (Å²) >= 11 is 0. The molecule has 0 bridgehead atoms. The van der Waals surface area contributed by atoms with Gasteiger partial charge in [-0.3, -0.25) is 9.59 Å². The van der Waals surface area contributed by atoms with Crippen molar-refractivity contribution >= 4 is 11.8 Å². The molecular weight excluding hydrogens is 206 g/mol. The van der Waals surface area contributed by atoms with Crippen molar-refractivity contribution in [1.29, 1.82) is 0 Å². The molecule has 4 N–H and O–H groups in total. The maximum absolute atomic E-state index is 12.0. The quantitative estimate of drug-likeness (QED) is 0.701. The van der Waals surface area contributed by atoms with E-state index in [4.69, 9.17) is 11.5 Å². The van der Waals surface area contributed by atoms with Gasteiger partial charge in [0.05, 0.1) is 12.0 Å². The minimum Gasteiger partial charge on any atom is -0.369 e. The van der Waals surface area contributed by atoms with E-state index in [2.05, 4.69) is 0 Å². The summed E-state index contributed by atoms with van der Waals surface area (Å²) in [6.45, 7) is 4.28. The molecule has 1 rings (SSSR count). The first-order valence-corrected chi connectivity index (χ1v) is 5.82. The van der Waals surface area contributed by atoms with Crippen molar-refractivity contribution in [2.45, 2.75) is 45.2 Å². The number of nitrogens with two attached hydrogens (primary N) is 2. The smallest absolute Gasteiger partial charge is 0.239 e. The fraction of sp³-hybridized carbons (Fsp3) is 0.818. The van der Waals surface area contributed by atoms with E-state index in [1.807, 2.05) is 13.8 Å². The standard InChI is InChI=1S/C11H21N3O2/c1-3-9(12)11(16)14-6-8(10(13)15)5-4-7(14)2/h7-9H,3-6,12H2,1-2H3,(H2,13,15)/t7?,8?,9-/m1/s1. The highest BCUT2D eigenvalue weighted by atomic mass is 16.2. The Balaban J connectivity index is 2.69. The summed E-state index contributed by atoms with van der Waals surface area (Å²) in [7, 11) is 0. The van der Waals surface area contributed by atoms with E-state index >= 15 is 0 Å². The lowest BCUT2D eigenvalue weighted by Gasteiger charge is -2.38. The average molecular weight is 227 g/mol. The van der Waals surface area contributed by atoms with Crippen molar-refractivity contribution in [2.75, 3.05) is 6.54 Å². The molecule has 1 saturated heterocycles. The van der Waals surface area contributed by atoms with E-state index in [1.165, 1.54) is 0 Å². The van der Waals surface area contributed by atoms with Crippen molar-refractivity contribution in [1.82, 2.24) is 4.90 Å². The van der Waals surface area contributed by atoms with Gasteiger partial charge in [-0.05, 0) is 26.2 Å². The minimum atomic E-state index is -0.464. The van der Waals surface area contributed by atoms with Crippen molar-refractivity contribution in [3.8, 4) is 0 Å². The normalized spacial score (nSPS) is 27.6. The number of amides is 2. The van der Waals surface area contributed by atoms with Gasteiger partial charge in [0.25, 0.3) is 0 Å². The summed E-state index contributed by atoms with van der Waals surface area (Å²) in [4.78, 5) is 24.8. The number of piperidine rings is 1. The van der Waals surface area contributed by atoms with Crippen LogP contribution in [-0.2, 0) is 9.59 Å². The third-order valence-corrected chi connectivity index (χ3v) is 3.32. The Bertz CT molecular complexity index is 280. The Kier molecular flexibility index (Phi) is 4.29. The van der Waals surface area contributed by atoms with Gasteiger partial charge in [-0.15, -0.1) is 0 Å². The molecule has 1 heterocycles. The van der Waals surface area contributed by atoms with Crippen molar-refractivity contribution < 1.29 is 9.59 Å². The van der Waals surface area contributed by atoms with Crippen molar-refractivity contribution in [2.24, 2.45) is 17.4 Å². The molecule has 0 aromatic rings. The second-order valence-electron chi connectivity index (χ2n) is 4.53. The molecule has 0 aliphatic carbocycles. The van der Waals surface area contributed by atoms with E-state index in [-0.39, 0.29) is 23.8 Å². The fourth-order valence-electron chi connectivity index (χ4n) is 2.03. The molecular formula is C11H21N3O2. The lowest BCUT2D eigenvalue weighted by molar-refractivity contribution is -0.138. The highest BCUT2D eigenvalue weighted by molar-refractivity contribution is 5.83. The van der Waals surface area contributed by atoms with Gasteiger partial charge in [0.2, 0.25) is 11.8 Å². The third kappa shape index (κ3) is 2.72. The summed E-state index contributed by atoms with van der Waals surface area (Å²) in [6.07, 6.45) is 2.20. The molecule has 0 spiro atoms. The molecule has 2 unspecified atom stereocenters. The molecule has 5 nitrogen and oxygen atoms in total. The summed E-state index contributed by atoms with van der Waals surface area (Å²) in [5.74, 6) is -0.611. The molecule has 0 radical (unpaired) electrons. The predicted molar refractivity (Wildman–Crippen MR) is 61.4 cm³/mol. The van der Waals surface area contributed by atoms with Crippen molar-refractivity contribution in [3.05, 3.63) is 0 Å². The summed E-state index contributed by atoms with van der Waals surface area (Å²) < 4.78 is 0. The van der Waals surface area contributed by atoms with Gasteiger partial charge in [0.1, 0.15) is 0 Å². The number of rotatable bonds is 3. The zero-order chi connectivity index (χ0) is 12.3. The molecule has 5 heteroatoms. The van der Waals surface area contributed by atoms with Gasteiger partial charge in [0.15, 0.2) is 0 Å². The predicted octanol–water partition coefficient (Wildman–Crippen LogP) is -0.164. The first kappa shape index (κ1) is 13.0. The lowest BCUT2D eigenvalue weighted by Crippen LogP contribution is -2.53. The molecule has 0 saturated carbocycles. The van der Waals surface area contributed by atoms with Crippen LogP contribution in [0.25, 0.3) is 0 Å². The number of likely N-dealkylation sites (tertiary alicyclic amines) is 1. The van der Waals surface area contributed by atoms with Crippen LogP contribution >= 0.6 is 0 Å². The molecule has 92 valence electrons. The maximum atomic E-state index is 12.0. The molecule has 1 fully saturated rings. The zero-order valence-electron chi connectivity index (χ0n) is 9.98. The Morgan fingerprint density at radius 3 is 2.56 bits per heavy atom. The summed E-state index contributed by atoms with van der Waals surface area (Å²) in [6, 6.07) is -0.310. The Hall–Kier alpha value is -1.10. The first-order chi connectivity index (χ1) is 7.47. The highest BCUT2D eigenvalue weighted by Gasteiger charge is 2.33. The number of nitrogens with zero attached hydrogens (tertiary/aromatic N) is 1. The molecule has 2 amide bonds. The van der Waals surface area contributed by atoms with Gasteiger partial charge in [-0.2, -0.15) is 0 Å². The van der Waals surface area contributed by atoms with E-state index in [0.29, 0.717) is 13.0 Å². The van der Waals surface area contributed by atoms with Gasteiger partial charge in [-0.1, -0.05) is 6.92 Å². The number of primary amides is 1. The van der Waals surface area contributed by atoms with Gasteiger partial charge in [-0.25, -0.2) is 0 Å². The monoisotopic (exact) mass is 227 g/mol. The Labute approximate surface area is 96.1 Å². The molecule has 0 aromatic heterocycles. The maximum Gasteiger partial charge on any atom is 0.239 e. The zero-order valence-corrected chi connectivity index (χ0v) is 9.98. The molecule has 1 aliphatic rings. The SMILES string of the molecule is CC[C@@H](N)C(=O)N1CC(C(N)=O)CCC1C. The number of hydrogen-bond donors (Lipinski definition) is 2. The Morgan fingerprint density at radius 1 is 1.44 bits per heavy atom. The number of carbonyl (C=O) groups excluding carboxylic acids is 2. The highest BCUT2D eigenvalue weighted by Crippen LogP contribution is 2.22. The third-order valence-electron chi connectivity index (χ3n) is 3.32. The van der Waals surface area contributed by atoms with Gasteiger partial charge in [0, 0.05) is 12.6 Å². The van der Waals surface area contributed by atoms with Crippen LogP contribution in [0.5, 0.6) is 0 Å². The number of hydrogen-bond acceptors (Lipinski definition) is 3. The van der Waals surface area contributed by atoms with Crippen LogP contribution in [0.2, 0.25) is 0 Å². The van der Waals surface area contributed by atoms with Crippen LogP contribution in [0.1, 0.15) is 33.1 Å². The largest absolute Gasteiger partial charge is 0.369 e. The Morgan fingerprint density at radius 2 is 2.06 bits per heavy atom. The fourth-order valence-corrected chi connectivity index (χ4v) is 2.03. The van der Waals surface area contributed by atoms with Crippen LogP contribution in [-0.4, -0.2) is 35.3 Å². The average Bonchev–Trinajstić information content (AvgIpc) is 2.27. The molecule has 3 atom stereocenters. The molecule has 0 aromatic carbocycles. The van der Waals surface area contributed by atoms with Gasteiger partial charge < -0.3 is 16.4 Å². The van der Waals surface area contributed by atoms with Crippen LogP contribution in [0.3, 0.4) is 0 Å². The number of carbonyl (C=O) groups is 2. The first-order valence-electron chi connectivity index (χ1n) is 5.82.